The zero-order chi connectivity index (χ0) is 25.0. The second-order valence-electron chi connectivity index (χ2n) is 7.14. The highest BCUT2D eigenvalue weighted by atomic mass is 35.5. The number of hydrogen-bond acceptors (Lipinski definition) is 7. The number of carbonyl (C=O) groups excluding carboxylic acids is 1. The molecule has 0 aliphatic carbocycles. The molecule has 4 aromatic rings. The number of nitrogens with zero attached hydrogens (tertiary/aromatic N) is 3. The van der Waals surface area contributed by atoms with Crippen molar-refractivity contribution in [2.75, 3.05) is 11.9 Å². The maximum Gasteiger partial charge on any atom is 0.422 e. The number of carbonyl (C=O) groups is 1. The summed E-state index contributed by atoms with van der Waals surface area (Å²) in [5.41, 5.74) is 6.68. The number of pyridine rings is 1. The van der Waals surface area contributed by atoms with Gasteiger partial charge in [-0.05, 0) is 36.4 Å². The highest BCUT2D eigenvalue weighted by molar-refractivity contribution is 6.32. The van der Waals surface area contributed by atoms with Gasteiger partial charge in [-0.25, -0.2) is 9.97 Å². The lowest BCUT2D eigenvalue weighted by Crippen LogP contribution is -2.19. The Morgan fingerprint density at radius 1 is 1.14 bits per heavy atom. The molecule has 0 bridgehead atoms. The molecule has 0 saturated carbocycles. The van der Waals surface area contributed by atoms with Crippen LogP contribution in [0, 0.1) is 6.07 Å². The number of amides is 1. The van der Waals surface area contributed by atoms with Gasteiger partial charge in [-0.3, -0.25) is 9.78 Å². The van der Waals surface area contributed by atoms with Crippen LogP contribution in [0.3, 0.4) is 0 Å². The second kappa shape index (κ2) is 10.0. The molecular weight excluding hydrogens is 487 g/mol. The summed E-state index contributed by atoms with van der Waals surface area (Å²) in [5, 5.41) is 3.67. The number of hydrogen-bond donors (Lipinski definition) is 2. The minimum absolute atomic E-state index is 0.133. The van der Waals surface area contributed by atoms with Crippen molar-refractivity contribution in [2.45, 2.75) is 12.8 Å². The fourth-order valence-corrected chi connectivity index (χ4v) is 3.20. The van der Waals surface area contributed by atoms with Crippen LogP contribution in [0.4, 0.5) is 24.7 Å². The van der Waals surface area contributed by atoms with Crippen LogP contribution in [-0.2, 0) is 6.61 Å². The first kappa shape index (κ1) is 24.0. The first-order chi connectivity index (χ1) is 16.7. The Hall–Kier alpha value is -4.12. The van der Waals surface area contributed by atoms with Gasteiger partial charge >= 0.3 is 6.18 Å². The lowest BCUT2D eigenvalue weighted by molar-refractivity contribution is -0.153. The topological polar surface area (TPSA) is 112 Å². The lowest BCUT2D eigenvalue weighted by Gasteiger charge is -2.13. The van der Waals surface area contributed by atoms with Crippen LogP contribution in [0.1, 0.15) is 16.3 Å². The SMILES string of the molecule is NC(=O)c1nc(Nc2ccc(OCc3ccccn3)c(Cl)c2)c2c[c]c(OCC(F)(F)F)cc2n1. The average Bonchev–Trinajstić information content (AvgIpc) is 2.82. The van der Waals surface area contributed by atoms with Crippen LogP contribution in [0.15, 0.2) is 54.7 Å². The van der Waals surface area contributed by atoms with E-state index in [1.807, 2.05) is 12.1 Å². The number of ether oxygens (including phenoxy) is 2. The van der Waals surface area contributed by atoms with E-state index in [9.17, 15) is 18.0 Å². The maximum absolute atomic E-state index is 12.5. The Balaban J connectivity index is 1.58. The Morgan fingerprint density at radius 2 is 1.97 bits per heavy atom. The number of alkyl halides is 3. The molecule has 2 heterocycles. The predicted molar refractivity (Wildman–Crippen MR) is 122 cm³/mol. The number of benzene rings is 2. The number of aromatic nitrogens is 3. The summed E-state index contributed by atoms with van der Waals surface area (Å²) in [7, 11) is 0. The van der Waals surface area contributed by atoms with E-state index in [-0.39, 0.29) is 29.5 Å². The molecular formula is C23H16ClF3N5O3. The molecule has 3 N–H and O–H groups in total. The number of rotatable bonds is 8. The zero-order valence-corrected chi connectivity index (χ0v) is 18.5. The molecule has 1 amide bonds. The van der Waals surface area contributed by atoms with Gasteiger partial charge in [0.05, 0.1) is 16.2 Å². The Kier molecular flexibility index (Phi) is 6.87. The third-order valence-corrected chi connectivity index (χ3v) is 4.81. The van der Waals surface area contributed by atoms with Crippen molar-refractivity contribution < 1.29 is 27.4 Å². The first-order valence-electron chi connectivity index (χ1n) is 10.00. The molecule has 1 radical (unpaired) electrons. The molecule has 0 spiro atoms. The van der Waals surface area contributed by atoms with E-state index in [1.165, 1.54) is 12.1 Å². The summed E-state index contributed by atoms with van der Waals surface area (Å²) in [6.07, 6.45) is -2.87. The Morgan fingerprint density at radius 3 is 2.66 bits per heavy atom. The maximum atomic E-state index is 12.5. The van der Waals surface area contributed by atoms with E-state index >= 15 is 0 Å². The van der Waals surface area contributed by atoms with Crippen molar-refractivity contribution in [2.24, 2.45) is 5.73 Å². The van der Waals surface area contributed by atoms with Gasteiger partial charge in [-0.2, -0.15) is 13.2 Å². The second-order valence-corrected chi connectivity index (χ2v) is 7.55. The molecule has 0 saturated heterocycles. The fourth-order valence-electron chi connectivity index (χ4n) is 2.96. The molecule has 0 atom stereocenters. The molecule has 4 rings (SSSR count). The van der Waals surface area contributed by atoms with Gasteiger partial charge in [-0.15, -0.1) is 0 Å². The largest absolute Gasteiger partial charge is 0.486 e. The lowest BCUT2D eigenvalue weighted by atomic mass is 10.2. The van der Waals surface area contributed by atoms with Crippen molar-refractivity contribution in [1.29, 1.82) is 0 Å². The van der Waals surface area contributed by atoms with Crippen LogP contribution in [0.5, 0.6) is 11.5 Å². The number of halogens is 4. The smallest absolute Gasteiger partial charge is 0.422 e. The van der Waals surface area contributed by atoms with Gasteiger partial charge < -0.3 is 20.5 Å². The molecule has 0 unspecified atom stereocenters. The van der Waals surface area contributed by atoms with Gasteiger partial charge in [-0.1, -0.05) is 17.7 Å². The van der Waals surface area contributed by atoms with E-state index < -0.39 is 18.7 Å². The highest BCUT2D eigenvalue weighted by Crippen LogP contribution is 2.32. The number of fused-ring (bicyclic) bond motifs is 1. The monoisotopic (exact) mass is 502 g/mol. The van der Waals surface area contributed by atoms with Gasteiger partial charge in [0.25, 0.3) is 5.91 Å². The molecule has 0 aliphatic rings. The van der Waals surface area contributed by atoms with Crippen LogP contribution >= 0.6 is 11.6 Å². The van der Waals surface area contributed by atoms with Crippen molar-refractivity contribution in [1.82, 2.24) is 15.0 Å². The van der Waals surface area contributed by atoms with E-state index in [4.69, 9.17) is 26.8 Å². The molecule has 35 heavy (non-hydrogen) atoms. The van der Waals surface area contributed by atoms with E-state index in [0.29, 0.717) is 21.8 Å². The van der Waals surface area contributed by atoms with Gasteiger partial charge in [0, 0.05) is 29.4 Å². The third-order valence-electron chi connectivity index (χ3n) is 4.51. The normalized spacial score (nSPS) is 11.3. The van der Waals surface area contributed by atoms with E-state index in [2.05, 4.69) is 26.3 Å². The fraction of sp³-hybridized carbons (Fsp3) is 0.130. The number of primary amides is 1. The summed E-state index contributed by atoms with van der Waals surface area (Å²) in [4.78, 5) is 24.0. The standard InChI is InChI=1S/C23H16ClF3N5O3/c24-17-9-13(4-7-19(17)34-11-14-3-1-2-8-29-14)30-21-16-6-5-15(35-12-23(25,26)27)10-18(16)31-22(32-21)20(28)33/h1-4,6-10H,11-12H2,(H2,28,33)(H,30,31,32). The van der Waals surface area contributed by atoms with Crippen molar-refractivity contribution in [3.8, 4) is 11.5 Å². The number of anilines is 2. The third kappa shape index (κ3) is 6.27. The molecule has 179 valence electrons. The quantitative estimate of drug-likeness (QED) is 0.354. The van der Waals surface area contributed by atoms with Gasteiger partial charge in [0.2, 0.25) is 5.82 Å². The van der Waals surface area contributed by atoms with Gasteiger partial charge in [0.1, 0.15) is 23.9 Å². The number of nitrogens with two attached hydrogens (primary N) is 1. The van der Waals surface area contributed by atoms with E-state index in [1.54, 1.807) is 30.5 Å². The van der Waals surface area contributed by atoms with E-state index in [0.717, 1.165) is 5.69 Å². The highest BCUT2D eigenvalue weighted by Gasteiger charge is 2.28. The Bertz CT molecular complexity index is 1370. The van der Waals surface area contributed by atoms with Crippen molar-refractivity contribution in [3.05, 3.63) is 77.3 Å². The van der Waals surface area contributed by atoms with Gasteiger partial charge in [0.15, 0.2) is 6.61 Å². The minimum Gasteiger partial charge on any atom is -0.486 e. The summed E-state index contributed by atoms with van der Waals surface area (Å²) in [6, 6.07) is 15.5. The van der Waals surface area contributed by atoms with Crippen LogP contribution in [0.2, 0.25) is 5.02 Å². The van der Waals surface area contributed by atoms with Crippen LogP contribution < -0.4 is 20.5 Å². The molecule has 2 aromatic carbocycles. The zero-order valence-electron chi connectivity index (χ0n) is 17.8. The van der Waals surface area contributed by atoms with Crippen molar-refractivity contribution >= 4 is 39.9 Å². The molecule has 0 fully saturated rings. The predicted octanol–water partition coefficient (Wildman–Crippen LogP) is 4.84. The van der Waals surface area contributed by atoms with Crippen LogP contribution in [0.25, 0.3) is 10.9 Å². The first-order valence-corrected chi connectivity index (χ1v) is 10.4. The summed E-state index contributed by atoms with van der Waals surface area (Å²) in [6.45, 7) is -1.28. The summed E-state index contributed by atoms with van der Waals surface area (Å²) < 4.78 is 47.8. The van der Waals surface area contributed by atoms with Crippen molar-refractivity contribution in [3.63, 3.8) is 0 Å². The minimum atomic E-state index is -4.52. The van der Waals surface area contributed by atoms with Crippen LogP contribution in [-0.4, -0.2) is 33.6 Å². The number of nitrogens with one attached hydrogen (secondary N) is 1. The molecule has 0 aliphatic heterocycles. The molecule has 12 heteroatoms. The Labute approximate surface area is 201 Å². The summed E-state index contributed by atoms with van der Waals surface area (Å²) >= 11 is 6.35. The average molecular weight is 503 g/mol. The molecule has 8 nitrogen and oxygen atoms in total. The molecule has 2 aromatic heterocycles. The summed E-state index contributed by atoms with van der Waals surface area (Å²) in [5.74, 6) is -0.868.